The fourth-order valence-corrected chi connectivity index (χ4v) is 3.22. The van der Waals surface area contributed by atoms with Crippen LogP contribution >= 0.6 is 0 Å². The molecule has 0 saturated carbocycles. The summed E-state index contributed by atoms with van der Waals surface area (Å²) in [6.45, 7) is 7.44. The lowest BCUT2D eigenvalue weighted by Gasteiger charge is -2.32. The van der Waals surface area contributed by atoms with Crippen molar-refractivity contribution >= 4 is 10.4 Å². The molecule has 2 heteroatoms. The van der Waals surface area contributed by atoms with Crippen LogP contribution in [-0.4, -0.2) is 28.1 Å². The summed E-state index contributed by atoms with van der Waals surface area (Å²) < 4.78 is 2.57. The Morgan fingerprint density at radius 2 is 1.67 bits per heavy atom. The second kappa shape index (κ2) is 2.84. The summed E-state index contributed by atoms with van der Waals surface area (Å²) in [5.41, 5.74) is 0. The number of hydrogen-bond acceptors (Lipinski definition) is 1. The third kappa shape index (κ3) is 2.10. The van der Waals surface area contributed by atoms with Crippen LogP contribution in [-0.2, 0) is 0 Å². The van der Waals surface area contributed by atoms with Crippen molar-refractivity contribution in [2.24, 2.45) is 11.8 Å². The highest BCUT2D eigenvalue weighted by atomic mass is 28.2. The van der Waals surface area contributed by atoms with E-state index in [1.54, 1.807) is 0 Å². The SMILES string of the molecule is C[C@@H]1C[C@@H](C)CN([SiH3])C1. The highest BCUT2D eigenvalue weighted by Crippen LogP contribution is 2.18. The number of rotatable bonds is 0. The van der Waals surface area contributed by atoms with Gasteiger partial charge in [0.2, 0.25) is 0 Å². The van der Waals surface area contributed by atoms with Gasteiger partial charge in [-0.05, 0) is 31.3 Å². The molecule has 0 radical (unpaired) electrons. The van der Waals surface area contributed by atoms with Crippen molar-refractivity contribution in [3.8, 4) is 0 Å². The molecule has 0 aromatic rings. The Balaban J connectivity index is 2.34. The lowest BCUT2D eigenvalue weighted by Crippen LogP contribution is -2.36. The molecular weight excluding hydrogens is 126 g/mol. The van der Waals surface area contributed by atoms with Gasteiger partial charge < -0.3 is 4.57 Å². The largest absolute Gasteiger partial charge is 0.332 e. The molecule has 0 aliphatic carbocycles. The maximum atomic E-state index is 2.57. The van der Waals surface area contributed by atoms with E-state index in [4.69, 9.17) is 0 Å². The van der Waals surface area contributed by atoms with Crippen molar-refractivity contribution in [2.75, 3.05) is 13.1 Å². The fraction of sp³-hybridized carbons (Fsp3) is 1.00. The average molecular weight is 143 g/mol. The first-order chi connectivity index (χ1) is 4.18. The second-order valence-corrected chi connectivity index (χ2v) is 4.93. The van der Waals surface area contributed by atoms with Crippen molar-refractivity contribution in [1.29, 1.82) is 0 Å². The van der Waals surface area contributed by atoms with Gasteiger partial charge >= 0.3 is 0 Å². The smallest absolute Gasteiger partial charge is 0.0784 e. The van der Waals surface area contributed by atoms with Crippen LogP contribution in [0.2, 0.25) is 0 Å². The number of hydrogen-bond donors (Lipinski definition) is 0. The number of piperidine rings is 1. The quantitative estimate of drug-likeness (QED) is 0.439. The molecule has 0 aromatic carbocycles. The Morgan fingerprint density at radius 3 is 2.00 bits per heavy atom. The van der Waals surface area contributed by atoms with Gasteiger partial charge in [0.15, 0.2) is 0 Å². The molecular formula is C7H17NSi. The van der Waals surface area contributed by atoms with Gasteiger partial charge in [0.05, 0.1) is 10.4 Å². The second-order valence-electron chi connectivity index (χ2n) is 3.67. The van der Waals surface area contributed by atoms with Crippen molar-refractivity contribution < 1.29 is 0 Å². The van der Waals surface area contributed by atoms with Gasteiger partial charge in [-0.2, -0.15) is 0 Å². The van der Waals surface area contributed by atoms with Crippen LogP contribution in [0.1, 0.15) is 20.3 Å². The van der Waals surface area contributed by atoms with Gasteiger partial charge in [0.25, 0.3) is 0 Å². The molecule has 1 rings (SSSR count). The summed E-state index contributed by atoms with van der Waals surface area (Å²) >= 11 is 0. The molecule has 0 bridgehead atoms. The zero-order chi connectivity index (χ0) is 6.85. The van der Waals surface area contributed by atoms with Crippen molar-refractivity contribution in [3.63, 3.8) is 0 Å². The zero-order valence-electron chi connectivity index (χ0n) is 6.72. The minimum atomic E-state index is 0.950. The molecule has 0 N–H and O–H groups in total. The summed E-state index contributed by atoms with van der Waals surface area (Å²) in [7, 11) is 1.26. The predicted molar refractivity (Wildman–Crippen MR) is 44.5 cm³/mol. The Kier molecular flexibility index (Phi) is 2.30. The van der Waals surface area contributed by atoms with Gasteiger partial charge in [0.1, 0.15) is 0 Å². The van der Waals surface area contributed by atoms with Crippen LogP contribution in [0.3, 0.4) is 0 Å². The van der Waals surface area contributed by atoms with E-state index in [0.717, 1.165) is 11.8 Å². The molecule has 9 heavy (non-hydrogen) atoms. The van der Waals surface area contributed by atoms with Crippen LogP contribution in [0.5, 0.6) is 0 Å². The first-order valence-corrected chi connectivity index (χ1v) is 4.76. The molecule has 0 spiro atoms. The normalized spacial score (nSPS) is 39.3. The molecule has 1 saturated heterocycles. The van der Waals surface area contributed by atoms with Gasteiger partial charge in [-0.15, -0.1) is 0 Å². The third-order valence-electron chi connectivity index (χ3n) is 2.05. The third-order valence-corrected chi connectivity index (χ3v) is 2.78. The molecule has 0 aromatic heterocycles. The van der Waals surface area contributed by atoms with Crippen molar-refractivity contribution in [1.82, 2.24) is 4.57 Å². The highest BCUT2D eigenvalue weighted by molar-refractivity contribution is 6.04. The van der Waals surface area contributed by atoms with E-state index in [9.17, 15) is 0 Å². The molecule has 1 fully saturated rings. The van der Waals surface area contributed by atoms with E-state index in [1.165, 1.54) is 29.9 Å². The summed E-state index contributed by atoms with van der Waals surface area (Å²) in [6, 6.07) is 0. The maximum Gasteiger partial charge on any atom is 0.0784 e. The van der Waals surface area contributed by atoms with Crippen LogP contribution in [0, 0.1) is 11.8 Å². The summed E-state index contributed by atoms with van der Waals surface area (Å²) in [4.78, 5) is 0. The van der Waals surface area contributed by atoms with Crippen molar-refractivity contribution in [2.45, 2.75) is 20.3 Å². The minimum absolute atomic E-state index is 0.950. The molecule has 0 unspecified atom stereocenters. The van der Waals surface area contributed by atoms with Crippen LogP contribution < -0.4 is 0 Å². The van der Waals surface area contributed by atoms with E-state index < -0.39 is 0 Å². The first kappa shape index (κ1) is 7.29. The Bertz CT molecular complexity index is 69.9. The standard InChI is InChI=1S/C7H17NSi/c1-6-3-7(2)5-8(9)4-6/h6-7H,3-5H2,1-2,9H3/t6-,7-/m1/s1. The van der Waals surface area contributed by atoms with E-state index in [1.807, 2.05) is 0 Å². The molecule has 54 valence electrons. The first-order valence-electron chi connectivity index (χ1n) is 3.87. The predicted octanol–water partition coefficient (Wildman–Crippen LogP) is 0.245. The van der Waals surface area contributed by atoms with E-state index >= 15 is 0 Å². The van der Waals surface area contributed by atoms with Gasteiger partial charge in [-0.1, -0.05) is 13.8 Å². The lowest BCUT2D eigenvalue weighted by molar-refractivity contribution is 0.229. The monoisotopic (exact) mass is 143 g/mol. The topological polar surface area (TPSA) is 3.24 Å². The Morgan fingerprint density at radius 1 is 1.22 bits per heavy atom. The fourth-order valence-electron chi connectivity index (χ4n) is 1.97. The maximum absolute atomic E-state index is 2.57. The van der Waals surface area contributed by atoms with E-state index in [2.05, 4.69) is 18.4 Å². The van der Waals surface area contributed by atoms with Crippen LogP contribution in [0.15, 0.2) is 0 Å². The van der Waals surface area contributed by atoms with Crippen LogP contribution in [0.25, 0.3) is 0 Å². The molecule has 1 heterocycles. The summed E-state index contributed by atoms with van der Waals surface area (Å²) in [5.74, 6) is 1.90. The molecule has 1 aliphatic rings. The highest BCUT2D eigenvalue weighted by Gasteiger charge is 2.17. The van der Waals surface area contributed by atoms with E-state index in [0.29, 0.717) is 0 Å². The Labute approximate surface area is 60.9 Å². The summed E-state index contributed by atoms with van der Waals surface area (Å²) in [6.07, 6.45) is 1.44. The molecule has 0 amide bonds. The summed E-state index contributed by atoms with van der Waals surface area (Å²) in [5, 5.41) is 0. The number of nitrogens with zero attached hydrogens (tertiary/aromatic N) is 1. The molecule has 2 atom stereocenters. The average Bonchev–Trinajstić information content (AvgIpc) is 1.59. The molecule has 1 aliphatic heterocycles. The zero-order valence-corrected chi connectivity index (χ0v) is 8.72. The Hall–Kier alpha value is 0.177. The minimum Gasteiger partial charge on any atom is -0.332 e. The van der Waals surface area contributed by atoms with Crippen LogP contribution in [0.4, 0.5) is 0 Å². The van der Waals surface area contributed by atoms with Gasteiger partial charge in [0, 0.05) is 0 Å². The van der Waals surface area contributed by atoms with Gasteiger partial charge in [-0.3, -0.25) is 0 Å². The van der Waals surface area contributed by atoms with E-state index in [-0.39, 0.29) is 0 Å². The molecule has 1 nitrogen and oxygen atoms in total. The van der Waals surface area contributed by atoms with Crippen molar-refractivity contribution in [3.05, 3.63) is 0 Å². The van der Waals surface area contributed by atoms with Gasteiger partial charge in [-0.25, -0.2) is 0 Å². The lowest BCUT2D eigenvalue weighted by atomic mass is 9.94.